The van der Waals surface area contributed by atoms with Crippen LogP contribution in [0.15, 0.2) is 0 Å². The van der Waals surface area contributed by atoms with Crippen LogP contribution in [0, 0.1) is 11.3 Å². The normalized spacial score (nSPS) is 11.5. The summed E-state index contributed by atoms with van der Waals surface area (Å²) in [5.74, 6) is 0. The van der Waals surface area contributed by atoms with Gasteiger partial charge in [0, 0.05) is 7.05 Å². The predicted molar refractivity (Wildman–Crippen MR) is 39.9 cm³/mol. The van der Waals surface area contributed by atoms with Crippen molar-refractivity contribution in [2.45, 2.75) is 19.9 Å². The standard InChI is InChI=1S/C7H12N2O2/c1-4-11-7(10)9(3)6(2)5-8/h6H,4H2,1-3H3. The molecule has 0 fully saturated rings. The molecule has 0 aromatic heterocycles. The summed E-state index contributed by atoms with van der Waals surface area (Å²) in [7, 11) is 1.53. The number of hydrogen-bond donors (Lipinski definition) is 0. The van der Waals surface area contributed by atoms with E-state index in [2.05, 4.69) is 4.74 Å². The third kappa shape index (κ3) is 2.89. The van der Waals surface area contributed by atoms with Crippen LogP contribution in [0.3, 0.4) is 0 Å². The van der Waals surface area contributed by atoms with Crippen molar-refractivity contribution in [3.63, 3.8) is 0 Å². The maximum atomic E-state index is 10.9. The second kappa shape index (κ2) is 4.56. The van der Waals surface area contributed by atoms with Crippen LogP contribution in [0.1, 0.15) is 13.8 Å². The van der Waals surface area contributed by atoms with Gasteiger partial charge in [-0.15, -0.1) is 0 Å². The van der Waals surface area contributed by atoms with Gasteiger partial charge in [0.05, 0.1) is 12.7 Å². The van der Waals surface area contributed by atoms with Crippen LogP contribution in [0.4, 0.5) is 4.79 Å². The summed E-state index contributed by atoms with van der Waals surface area (Å²) in [5, 5.41) is 8.42. The van der Waals surface area contributed by atoms with Gasteiger partial charge in [-0.3, -0.25) is 4.90 Å². The first-order valence-electron chi connectivity index (χ1n) is 3.42. The maximum absolute atomic E-state index is 10.9. The van der Waals surface area contributed by atoms with Crippen LogP contribution in [-0.4, -0.2) is 30.7 Å². The van der Waals surface area contributed by atoms with Crippen LogP contribution >= 0.6 is 0 Å². The van der Waals surface area contributed by atoms with Gasteiger partial charge in [-0.1, -0.05) is 0 Å². The third-order valence-corrected chi connectivity index (χ3v) is 1.32. The maximum Gasteiger partial charge on any atom is 0.410 e. The fourth-order valence-electron chi connectivity index (χ4n) is 0.470. The van der Waals surface area contributed by atoms with Crippen molar-refractivity contribution in [3.05, 3.63) is 0 Å². The molecule has 0 spiro atoms. The van der Waals surface area contributed by atoms with E-state index in [0.29, 0.717) is 6.61 Å². The van der Waals surface area contributed by atoms with E-state index in [1.807, 2.05) is 6.07 Å². The van der Waals surface area contributed by atoms with Gasteiger partial charge in [-0.2, -0.15) is 5.26 Å². The van der Waals surface area contributed by atoms with Gasteiger partial charge in [0.1, 0.15) is 6.04 Å². The Kier molecular flexibility index (Phi) is 4.04. The summed E-state index contributed by atoms with van der Waals surface area (Å²) in [6.45, 7) is 3.70. The summed E-state index contributed by atoms with van der Waals surface area (Å²) in [6.07, 6.45) is -0.457. The topological polar surface area (TPSA) is 53.3 Å². The van der Waals surface area contributed by atoms with Crippen LogP contribution in [0.25, 0.3) is 0 Å². The summed E-state index contributed by atoms with van der Waals surface area (Å²) in [5.41, 5.74) is 0. The Balaban J connectivity index is 3.93. The lowest BCUT2D eigenvalue weighted by molar-refractivity contribution is 0.111. The highest BCUT2D eigenvalue weighted by Crippen LogP contribution is 1.96. The molecule has 0 aromatic carbocycles. The molecule has 0 radical (unpaired) electrons. The Bertz CT molecular complexity index is 174. The number of rotatable bonds is 2. The number of ether oxygens (including phenoxy) is 1. The molecule has 0 heterocycles. The summed E-state index contributed by atoms with van der Waals surface area (Å²) >= 11 is 0. The number of carbonyl (C=O) groups excluding carboxylic acids is 1. The summed E-state index contributed by atoms with van der Waals surface area (Å²) < 4.78 is 4.66. The Morgan fingerprint density at radius 3 is 2.73 bits per heavy atom. The highest BCUT2D eigenvalue weighted by Gasteiger charge is 2.14. The molecule has 1 unspecified atom stereocenters. The summed E-state index contributed by atoms with van der Waals surface area (Å²) in [6, 6.07) is 1.49. The molecule has 4 heteroatoms. The van der Waals surface area contributed by atoms with E-state index < -0.39 is 12.1 Å². The smallest absolute Gasteiger partial charge is 0.410 e. The van der Waals surface area contributed by atoms with E-state index in [9.17, 15) is 4.79 Å². The minimum Gasteiger partial charge on any atom is -0.450 e. The van der Waals surface area contributed by atoms with Crippen molar-refractivity contribution in [2.24, 2.45) is 0 Å². The second-order valence-electron chi connectivity index (χ2n) is 2.11. The van der Waals surface area contributed by atoms with Crippen molar-refractivity contribution >= 4 is 6.09 Å². The van der Waals surface area contributed by atoms with Crippen molar-refractivity contribution in [1.82, 2.24) is 4.90 Å². The zero-order valence-corrected chi connectivity index (χ0v) is 7.00. The predicted octanol–water partition coefficient (Wildman–Crippen LogP) is 0.987. The molecule has 11 heavy (non-hydrogen) atoms. The van der Waals surface area contributed by atoms with Crippen LogP contribution < -0.4 is 0 Å². The Labute approximate surface area is 66.4 Å². The highest BCUT2D eigenvalue weighted by atomic mass is 16.6. The largest absolute Gasteiger partial charge is 0.450 e. The molecule has 0 bridgehead atoms. The number of amides is 1. The van der Waals surface area contributed by atoms with Gasteiger partial charge in [0.25, 0.3) is 0 Å². The number of nitrogens with zero attached hydrogens (tertiary/aromatic N) is 2. The van der Waals surface area contributed by atoms with E-state index >= 15 is 0 Å². The fraction of sp³-hybridized carbons (Fsp3) is 0.714. The molecule has 0 aliphatic heterocycles. The van der Waals surface area contributed by atoms with Crippen LogP contribution in [0.5, 0.6) is 0 Å². The summed E-state index contributed by atoms with van der Waals surface area (Å²) in [4.78, 5) is 12.1. The molecule has 0 aliphatic carbocycles. The number of carbonyl (C=O) groups is 1. The lowest BCUT2D eigenvalue weighted by atomic mass is 10.3. The minimum atomic E-state index is -0.457. The van der Waals surface area contributed by atoms with E-state index in [1.165, 1.54) is 11.9 Å². The van der Waals surface area contributed by atoms with E-state index in [1.54, 1.807) is 13.8 Å². The average Bonchev–Trinajstić information content (AvgIpc) is 2.02. The number of nitriles is 1. The van der Waals surface area contributed by atoms with Gasteiger partial charge in [-0.25, -0.2) is 4.79 Å². The molecule has 4 nitrogen and oxygen atoms in total. The number of hydrogen-bond acceptors (Lipinski definition) is 3. The molecule has 0 saturated heterocycles. The molecule has 1 amide bonds. The first kappa shape index (κ1) is 9.76. The van der Waals surface area contributed by atoms with Gasteiger partial charge in [-0.05, 0) is 13.8 Å². The molecule has 0 N–H and O–H groups in total. The molecular weight excluding hydrogens is 144 g/mol. The molecule has 0 aromatic rings. The average molecular weight is 156 g/mol. The van der Waals surface area contributed by atoms with Crippen LogP contribution in [-0.2, 0) is 4.74 Å². The SMILES string of the molecule is CCOC(=O)N(C)C(C)C#N. The lowest BCUT2D eigenvalue weighted by Crippen LogP contribution is -2.34. The lowest BCUT2D eigenvalue weighted by Gasteiger charge is -2.17. The van der Waals surface area contributed by atoms with Gasteiger partial charge < -0.3 is 4.74 Å². The molecule has 0 aliphatic rings. The van der Waals surface area contributed by atoms with Gasteiger partial charge >= 0.3 is 6.09 Å². The highest BCUT2D eigenvalue weighted by molar-refractivity contribution is 5.67. The molecule has 1 atom stereocenters. The van der Waals surface area contributed by atoms with Crippen molar-refractivity contribution in [1.29, 1.82) is 5.26 Å². The van der Waals surface area contributed by atoms with Crippen molar-refractivity contribution in [3.8, 4) is 6.07 Å². The van der Waals surface area contributed by atoms with E-state index in [4.69, 9.17) is 5.26 Å². The first-order chi connectivity index (χ1) is 5.13. The Morgan fingerprint density at radius 1 is 1.82 bits per heavy atom. The van der Waals surface area contributed by atoms with Gasteiger partial charge in [0.2, 0.25) is 0 Å². The zero-order valence-electron chi connectivity index (χ0n) is 7.00. The van der Waals surface area contributed by atoms with Crippen LogP contribution in [0.2, 0.25) is 0 Å². The Morgan fingerprint density at radius 2 is 2.36 bits per heavy atom. The fourth-order valence-corrected chi connectivity index (χ4v) is 0.470. The third-order valence-electron chi connectivity index (χ3n) is 1.32. The van der Waals surface area contributed by atoms with E-state index in [-0.39, 0.29) is 0 Å². The van der Waals surface area contributed by atoms with Crippen molar-refractivity contribution < 1.29 is 9.53 Å². The second-order valence-corrected chi connectivity index (χ2v) is 2.11. The Hall–Kier alpha value is -1.24. The van der Waals surface area contributed by atoms with Gasteiger partial charge in [0.15, 0.2) is 0 Å². The first-order valence-corrected chi connectivity index (χ1v) is 3.42. The molecular formula is C7H12N2O2. The van der Waals surface area contributed by atoms with Crippen molar-refractivity contribution in [2.75, 3.05) is 13.7 Å². The molecule has 0 saturated carbocycles. The zero-order chi connectivity index (χ0) is 8.85. The van der Waals surface area contributed by atoms with E-state index in [0.717, 1.165) is 0 Å². The molecule has 62 valence electrons. The quantitative estimate of drug-likeness (QED) is 0.599. The molecule has 0 rings (SSSR count). The minimum absolute atomic E-state index is 0.335. The monoisotopic (exact) mass is 156 g/mol.